The summed E-state index contributed by atoms with van der Waals surface area (Å²) in [4.78, 5) is 15.1. The van der Waals surface area contributed by atoms with Gasteiger partial charge in [-0.2, -0.15) is 0 Å². The van der Waals surface area contributed by atoms with E-state index >= 15 is 0 Å². The first-order chi connectivity index (χ1) is 5.13. The number of hydrogen-bond acceptors (Lipinski definition) is 4. The zero-order valence-electron chi connectivity index (χ0n) is 6.36. The van der Waals surface area contributed by atoms with Crippen molar-refractivity contribution in [2.45, 2.75) is 13.1 Å². The standard InChI is InChI=1S/C6H12N2O3/c1-3-8(11-4-2)5(7)6(9)10/h3,5H,1,4,7H2,2H3,(H,9,10). The minimum Gasteiger partial charge on any atom is -0.479 e. The number of nitrogens with two attached hydrogens (primary N) is 1. The minimum atomic E-state index is -1.19. The largest absolute Gasteiger partial charge is 0.479 e. The molecule has 0 aromatic carbocycles. The molecule has 0 aliphatic heterocycles. The summed E-state index contributed by atoms with van der Waals surface area (Å²) >= 11 is 0. The van der Waals surface area contributed by atoms with Crippen LogP contribution in [0.5, 0.6) is 0 Å². The van der Waals surface area contributed by atoms with Gasteiger partial charge in [0.05, 0.1) is 6.61 Å². The van der Waals surface area contributed by atoms with Crippen LogP contribution in [0.2, 0.25) is 0 Å². The maximum Gasteiger partial charge on any atom is 0.343 e. The summed E-state index contributed by atoms with van der Waals surface area (Å²) in [5.74, 6) is -1.15. The second-order valence-corrected chi connectivity index (χ2v) is 1.74. The fourth-order valence-electron chi connectivity index (χ4n) is 0.504. The molecule has 0 saturated heterocycles. The number of carboxylic acids is 1. The second-order valence-electron chi connectivity index (χ2n) is 1.74. The van der Waals surface area contributed by atoms with Crippen LogP contribution in [0, 0.1) is 0 Å². The lowest BCUT2D eigenvalue weighted by Gasteiger charge is -2.21. The smallest absolute Gasteiger partial charge is 0.343 e. The van der Waals surface area contributed by atoms with Gasteiger partial charge in [0.15, 0.2) is 0 Å². The predicted octanol–water partition coefficient (Wildman–Crippen LogP) is -0.247. The fourth-order valence-corrected chi connectivity index (χ4v) is 0.504. The van der Waals surface area contributed by atoms with Gasteiger partial charge >= 0.3 is 5.97 Å². The van der Waals surface area contributed by atoms with Crippen LogP contribution in [-0.2, 0) is 9.63 Å². The van der Waals surface area contributed by atoms with Gasteiger partial charge in [0.25, 0.3) is 0 Å². The highest BCUT2D eigenvalue weighted by Crippen LogP contribution is 1.94. The first kappa shape index (κ1) is 9.93. The highest BCUT2D eigenvalue weighted by Gasteiger charge is 2.17. The van der Waals surface area contributed by atoms with Crippen LogP contribution < -0.4 is 5.73 Å². The van der Waals surface area contributed by atoms with Crippen molar-refractivity contribution < 1.29 is 14.7 Å². The summed E-state index contributed by atoms with van der Waals surface area (Å²) in [6, 6.07) is 0. The average molecular weight is 160 g/mol. The Morgan fingerprint density at radius 1 is 2.00 bits per heavy atom. The first-order valence-electron chi connectivity index (χ1n) is 3.15. The van der Waals surface area contributed by atoms with Crippen LogP contribution in [0.4, 0.5) is 0 Å². The molecule has 0 bridgehead atoms. The van der Waals surface area contributed by atoms with Gasteiger partial charge in [-0.15, -0.1) is 0 Å². The van der Waals surface area contributed by atoms with E-state index in [0.29, 0.717) is 6.61 Å². The third-order valence-electron chi connectivity index (χ3n) is 0.985. The van der Waals surface area contributed by atoms with Crippen LogP contribution in [0.3, 0.4) is 0 Å². The topological polar surface area (TPSA) is 75.8 Å². The van der Waals surface area contributed by atoms with Crippen molar-refractivity contribution in [1.29, 1.82) is 0 Å². The lowest BCUT2D eigenvalue weighted by molar-refractivity contribution is -0.173. The Balaban J connectivity index is 4.01. The maximum absolute atomic E-state index is 10.3. The Labute approximate surface area is 65.0 Å². The van der Waals surface area contributed by atoms with Crippen LogP contribution in [0.15, 0.2) is 12.8 Å². The highest BCUT2D eigenvalue weighted by atomic mass is 16.7. The van der Waals surface area contributed by atoms with Gasteiger partial charge in [0, 0.05) is 6.20 Å². The Hall–Kier alpha value is -1.07. The molecule has 64 valence electrons. The SMILES string of the molecule is C=CN(OCC)C(N)C(=O)O. The van der Waals surface area contributed by atoms with Crippen molar-refractivity contribution in [2.24, 2.45) is 5.73 Å². The second kappa shape index (κ2) is 4.70. The summed E-state index contributed by atoms with van der Waals surface area (Å²) in [5, 5.41) is 9.40. The van der Waals surface area contributed by atoms with E-state index in [2.05, 4.69) is 6.58 Å². The van der Waals surface area contributed by atoms with Crippen molar-refractivity contribution in [3.05, 3.63) is 12.8 Å². The predicted molar refractivity (Wildman–Crippen MR) is 39.3 cm³/mol. The number of hydrogen-bond donors (Lipinski definition) is 2. The van der Waals surface area contributed by atoms with E-state index in [1.165, 1.54) is 6.20 Å². The average Bonchev–Trinajstić information content (AvgIpc) is 1.98. The Kier molecular flexibility index (Phi) is 4.24. The number of carboxylic acid groups (broad SMARTS) is 1. The summed E-state index contributed by atoms with van der Waals surface area (Å²) in [6.07, 6.45) is 0.0369. The number of nitrogens with zero attached hydrogens (tertiary/aromatic N) is 1. The molecule has 0 aromatic rings. The molecule has 5 heteroatoms. The summed E-state index contributed by atoms with van der Waals surface area (Å²) in [6.45, 7) is 5.42. The van der Waals surface area contributed by atoms with Crippen molar-refractivity contribution in [3.63, 3.8) is 0 Å². The van der Waals surface area contributed by atoms with Gasteiger partial charge in [-0.3, -0.25) is 10.6 Å². The van der Waals surface area contributed by atoms with E-state index in [1.807, 2.05) is 0 Å². The molecule has 0 aliphatic carbocycles. The Bertz CT molecular complexity index is 149. The van der Waals surface area contributed by atoms with Crippen LogP contribution in [-0.4, -0.2) is 28.9 Å². The van der Waals surface area contributed by atoms with E-state index in [0.717, 1.165) is 5.06 Å². The molecule has 11 heavy (non-hydrogen) atoms. The molecule has 0 radical (unpaired) electrons. The van der Waals surface area contributed by atoms with Gasteiger partial charge in [-0.1, -0.05) is 6.58 Å². The van der Waals surface area contributed by atoms with Gasteiger partial charge < -0.3 is 5.11 Å². The molecular weight excluding hydrogens is 148 g/mol. The molecule has 0 aromatic heterocycles. The van der Waals surface area contributed by atoms with Crippen LogP contribution in [0.1, 0.15) is 6.92 Å². The third kappa shape index (κ3) is 3.01. The van der Waals surface area contributed by atoms with E-state index in [-0.39, 0.29) is 0 Å². The molecule has 5 nitrogen and oxygen atoms in total. The first-order valence-corrected chi connectivity index (χ1v) is 3.15. The number of carbonyl (C=O) groups is 1. The van der Waals surface area contributed by atoms with E-state index in [9.17, 15) is 4.79 Å². The molecule has 0 fully saturated rings. The molecule has 0 saturated carbocycles. The third-order valence-corrected chi connectivity index (χ3v) is 0.985. The maximum atomic E-state index is 10.3. The van der Waals surface area contributed by atoms with E-state index < -0.39 is 12.1 Å². The van der Waals surface area contributed by atoms with Crippen molar-refractivity contribution in [3.8, 4) is 0 Å². The fraction of sp³-hybridized carbons (Fsp3) is 0.500. The molecule has 0 rings (SSSR count). The summed E-state index contributed by atoms with van der Waals surface area (Å²) in [7, 11) is 0. The molecule has 0 amide bonds. The monoisotopic (exact) mass is 160 g/mol. The Morgan fingerprint density at radius 3 is 2.82 bits per heavy atom. The lowest BCUT2D eigenvalue weighted by atomic mass is 10.5. The van der Waals surface area contributed by atoms with Crippen molar-refractivity contribution in [2.75, 3.05) is 6.61 Å². The van der Waals surface area contributed by atoms with E-state index in [1.54, 1.807) is 6.92 Å². The minimum absolute atomic E-state index is 0.354. The molecule has 1 unspecified atom stereocenters. The zero-order valence-corrected chi connectivity index (χ0v) is 6.36. The highest BCUT2D eigenvalue weighted by molar-refractivity contribution is 5.72. The lowest BCUT2D eigenvalue weighted by Crippen LogP contribution is -2.44. The van der Waals surface area contributed by atoms with Gasteiger partial charge in [-0.05, 0) is 6.92 Å². The van der Waals surface area contributed by atoms with Crippen molar-refractivity contribution in [1.82, 2.24) is 5.06 Å². The summed E-state index contributed by atoms with van der Waals surface area (Å²) < 4.78 is 0. The van der Waals surface area contributed by atoms with Crippen molar-refractivity contribution >= 4 is 5.97 Å². The van der Waals surface area contributed by atoms with Gasteiger partial charge in [-0.25, -0.2) is 9.86 Å². The van der Waals surface area contributed by atoms with Gasteiger partial charge in [0.2, 0.25) is 6.17 Å². The summed E-state index contributed by atoms with van der Waals surface area (Å²) in [5.41, 5.74) is 5.19. The molecule has 3 N–H and O–H groups in total. The van der Waals surface area contributed by atoms with Crippen LogP contribution >= 0.6 is 0 Å². The quantitative estimate of drug-likeness (QED) is 0.428. The molecule has 1 atom stereocenters. The molecule has 0 spiro atoms. The van der Waals surface area contributed by atoms with Gasteiger partial charge in [0.1, 0.15) is 0 Å². The zero-order chi connectivity index (χ0) is 8.85. The molecular formula is C6H12N2O3. The normalized spacial score (nSPS) is 12.2. The molecule has 0 aliphatic rings. The molecule has 0 heterocycles. The number of hydroxylamine groups is 2. The Morgan fingerprint density at radius 2 is 2.55 bits per heavy atom. The number of rotatable bonds is 5. The number of aliphatic carboxylic acids is 1. The van der Waals surface area contributed by atoms with E-state index in [4.69, 9.17) is 15.7 Å². The van der Waals surface area contributed by atoms with Crippen LogP contribution in [0.25, 0.3) is 0 Å².